The van der Waals surface area contributed by atoms with Crippen molar-refractivity contribution in [2.24, 2.45) is 0 Å². The van der Waals surface area contributed by atoms with Crippen LogP contribution in [0.4, 0.5) is 0 Å². The number of hydrogen-bond donors (Lipinski definition) is 1. The van der Waals surface area contributed by atoms with Crippen molar-refractivity contribution in [1.29, 1.82) is 0 Å². The van der Waals surface area contributed by atoms with Crippen molar-refractivity contribution < 1.29 is 0 Å². The lowest BCUT2D eigenvalue weighted by atomic mass is 9.97. The number of benzene rings is 1. The van der Waals surface area contributed by atoms with Crippen molar-refractivity contribution in [3.05, 3.63) is 35.4 Å². The van der Waals surface area contributed by atoms with Crippen LogP contribution in [-0.4, -0.2) is 31.1 Å². The van der Waals surface area contributed by atoms with Crippen molar-refractivity contribution in [2.45, 2.75) is 26.3 Å². The Morgan fingerprint density at radius 1 is 1.25 bits per heavy atom. The SMILES string of the molecule is CC[C@H](c1ccccc1C)N1CCNCC1. The molecule has 0 unspecified atom stereocenters. The Balaban J connectivity index is 2.18. The van der Waals surface area contributed by atoms with Gasteiger partial charge in [-0.25, -0.2) is 0 Å². The summed E-state index contributed by atoms with van der Waals surface area (Å²) in [6.07, 6.45) is 1.20. The fraction of sp³-hybridized carbons (Fsp3) is 0.571. The van der Waals surface area contributed by atoms with Gasteiger partial charge in [-0.3, -0.25) is 4.90 Å². The van der Waals surface area contributed by atoms with Gasteiger partial charge in [0.25, 0.3) is 0 Å². The standard InChI is InChI=1S/C14H22N2/c1-3-14(16-10-8-15-9-11-16)13-7-5-4-6-12(13)2/h4-7,14-15H,3,8-11H2,1-2H3/t14-/m1/s1. The van der Waals surface area contributed by atoms with Gasteiger partial charge in [-0.2, -0.15) is 0 Å². The molecule has 1 N–H and O–H groups in total. The molecule has 0 bridgehead atoms. The molecule has 1 saturated heterocycles. The lowest BCUT2D eigenvalue weighted by Crippen LogP contribution is -2.45. The highest BCUT2D eigenvalue weighted by atomic mass is 15.2. The zero-order valence-electron chi connectivity index (χ0n) is 10.4. The zero-order valence-corrected chi connectivity index (χ0v) is 10.4. The highest BCUT2D eigenvalue weighted by Gasteiger charge is 2.21. The first-order chi connectivity index (χ1) is 7.83. The van der Waals surface area contributed by atoms with Crippen LogP contribution in [0.25, 0.3) is 0 Å². The summed E-state index contributed by atoms with van der Waals surface area (Å²) in [6.45, 7) is 9.11. The number of hydrogen-bond acceptors (Lipinski definition) is 2. The van der Waals surface area contributed by atoms with Crippen molar-refractivity contribution in [2.75, 3.05) is 26.2 Å². The Hall–Kier alpha value is -0.860. The molecule has 1 aliphatic rings. The number of nitrogens with zero attached hydrogens (tertiary/aromatic N) is 1. The summed E-state index contributed by atoms with van der Waals surface area (Å²) in [5.41, 5.74) is 2.93. The van der Waals surface area contributed by atoms with Gasteiger partial charge in [0.15, 0.2) is 0 Å². The summed E-state index contributed by atoms with van der Waals surface area (Å²) in [5.74, 6) is 0. The molecule has 2 rings (SSSR count). The van der Waals surface area contributed by atoms with E-state index in [9.17, 15) is 0 Å². The summed E-state index contributed by atoms with van der Waals surface area (Å²) >= 11 is 0. The van der Waals surface area contributed by atoms with E-state index < -0.39 is 0 Å². The van der Waals surface area contributed by atoms with E-state index in [0.29, 0.717) is 6.04 Å². The normalized spacial score (nSPS) is 19.6. The largest absolute Gasteiger partial charge is 0.314 e. The van der Waals surface area contributed by atoms with Crippen LogP contribution in [0, 0.1) is 6.92 Å². The van der Waals surface area contributed by atoms with Crippen LogP contribution < -0.4 is 5.32 Å². The van der Waals surface area contributed by atoms with E-state index >= 15 is 0 Å². The number of aryl methyl sites for hydroxylation is 1. The third-order valence-electron chi connectivity index (χ3n) is 3.53. The maximum atomic E-state index is 3.42. The van der Waals surface area contributed by atoms with E-state index in [0.717, 1.165) is 13.1 Å². The molecule has 0 saturated carbocycles. The Morgan fingerprint density at radius 3 is 2.56 bits per heavy atom. The highest BCUT2D eigenvalue weighted by molar-refractivity contribution is 5.28. The smallest absolute Gasteiger partial charge is 0.0349 e. The molecule has 0 amide bonds. The van der Waals surface area contributed by atoms with Gasteiger partial charge in [-0.05, 0) is 24.5 Å². The van der Waals surface area contributed by atoms with E-state index in [1.54, 1.807) is 0 Å². The molecule has 88 valence electrons. The van der Waals surface area contributed by atoms with Crippen LogP contribution in [0.1, 0.15) is 30.5 Å². The molecular weight excluding hydrogens is 196 g/mol. The monoisotopic (exact) mass is 218 g/mol. The molecule has 1 heterocycles. The van der Waals surface area contributed by atoms with Crippen LogP contribution in [0.2, 0.25) is 0 Å². The quantitative estimate of drug-likeness (QED) is 0.838. The van der Waals surface area contributed by atoms with Gasteiger partial charge < -0.3 is 5.32 Å². The average molecular weight is 218 g/mol. The van der Waals surface area contributed by atoms with Gasteiger partial charge >= 0.3 is 0 Å². The number of nitrogens with one attached hydrogen (secondary N) is 1. The van der Waals surface area contributed by atoms with Crippen molar-refractivity contribution in [3.63, 3.8) is 0 Å². The van der Waals surface area contributed by atoms with Crippen LogP contribution in [0.3, 0.4) is 0 Å². The molecule has 0 aromatic heterocycles. The second-order valence-corrected chi connectivity index (χ2v) is 4.57. The van der Waals surface area contributed by atoms with E-state index in [-0.39, 0.29) is 0 Å². The van der Waals surface area contributed by atoms with Crippen LogP contribution in [0.15, 0.2) is 24.3 Å². The van der Waals surface area contributed by atoms with E-state index in [1.807, 2.05) is 0 Å². The van der Waals surface area contributed by atoms with E-state index in [1.165, 1.54) is 30.6 Å². The molecule has 1 aromatic rings. The molecular formula is C14H22N2. The van der Waals surface area contributed by atoms with Gasteiger partial charge in [0.1, 0.15) is 0 Å². The van der Waals surface area contributed by atoms with Gasteiger partial charge in [0, 0.05) is 32.2 Å². The molecule has 1 aromatic carbocycles. The molecule has 0 spiro atoms. The first-order valence-corrected chi connectivity index (χ1v) is 6.33. The Bertz CT molecular complexity index is 329. The summed E-state index contributed by atoms with van der Waals surface area (Å²) < 4.78 is 0. The van der Waals surface area contributed by atoms with Crippen molar-refractivity contribution >= 4 is 0 Å². The van der Waals surface area contributed by atoms with Crippen LogP contribution in [0.5, 0.6) is 0 Å². The minimum atomic E-state index is 0.600. The number of rotatable bonds is 3. The van der Waals surface area contributed by atoms with Gasteiger partial charge in [-0.1, -0.05) is 31.2 Å². The molecule has 1 atom stereocenters. The minimum absolute atomic E-state index is 0.600. The molecule has 1 aliphatic heterocycles. The summed E-state index contributed by atoms with van der Waals surface area (Å²) in [6, 6.07) is 9.39. The zero-order chi connectivity index (χ0) is 11.4. The topological polar surface area (TPSA) is 15.3 Å². The Labute approximate surface area is 98.7 Å². The second kappa shape index (κ2) is 5.46. The highest BCUT2D eigenvalue weighted by Crippen LogP contribution is 2.26. The summed E-state index contributed by atoms with van der Waals surface area (Å²) in [7, 11) is 0. The maximum absolute atomic E-state index is 3.42. The third kappa shape index (κ3) is 2.45. The lowest BCUT2D eigenvalue weighted by Gasteiger charge is -2.35. The van der Waals surface area contributed by atoms with Crippen LogP contribution >= 0.6 is 0 Å². The second-order valence-electron chi connectivity index (χ2n) is 4.57. The van der Waals surface area contributed by atoms with Gasteiger partial charge in [0.2, 0.25) is 0 Å². The summed E-state index contributed by atoms with van der Waals surface area (Å²) in [5, 5.41) is 3.42. The molecule has 2 heteroatoms. The molecule has 0 aliphatic carbocycles. The predicted molar refractivity (Wildman–Crippen MR) is 68.7 cm³/mol. The molecule has 16 heavy (non-hydrogen) atoms. The lowest BCUT2D eigenvalue weighted by molar-refractivity contribution is 0.169. The Kier molecular flexibility index (Phi) is 3.97. The van der Waals surface area contributed by atoms with Crippen LogP contribution in [-0.2, 0) is 0 Å². The van der Waals surface area contributed by atoms with Gasteiger partial charge in [-0.15, -0.1) is 0 Å². The van der Waals surface area contributed by atoms with Crippen molar-refractivity contribution in [3.8, 4) is 0 Å². The average Bonchev–Trinajstić information content (AvgIpc) is 2.34. The molecule has 2 nitrogen and oxygen atoms in total. The minimum Gasteiger partial charge on any atom is -0.314 e. The molecule has 0 radical (unpaired) electrons. The predicted octanol–water partition coefficient (Wildman–Crippen LogP) is 2.35. The van der Waals surface area contributed by atoms with E-state index in [4.69, 9.17) is 0 Å². The first-order valence-electron chi connectivity index (χ1n) is 6.33. The fourth-order valence-electron chi connectivity index (χ4n) is 2.63. The third-order valence-corrected chi connectivity index (χ3v) is 3.53. The fourth-order valence-corrected chi connectivity index (χ4v) is 2.63. The maximum Gasteiger partial charge on any atom is 0.0349 e. The first kappa shape index (κ1) is 11.6. The summed E-state index contributed by atoms with van der Waals surface area (Å²) in [4.78, 5) is 2.61. The number of piperazine rings is 1. The Morgan fingerprint density at radius 2 is 1.94 bits per heavy atom. The molecule has 1 fully saturated rings. The van der Waals surface area contributed by atoms with Gasteiger partial charge in [0.05, 0.1) is 0 Å². The van der Waals surface area contributed by atoms with E-state index in [2.05, 4.69) is 48.3 Å². The van der Waals surface area contributed by atoms with Crippen molar-refractivity contribution in [1.82, 2.24) is 10.2 Å².